The number of rotatable bonds is 7. The third-order valence-corrected chi connectivity index (χ3v) is 7.42. The summed E-state index contributed by atoms with van der Waals surface area (Å²) in [5, 5.41) is -0.447. The van der Waals surface area contributed by atoms with Gasteiger partial charge in [0.05, 0.1) is 13.4 Å². The zero-order valence-electron chi connectivity index (χ0n) is 16.0. The van der Waals surface area contributed by atoms with Crippen LogP contribution in [0.1, 0.15) is 51.4 Å². The van der Waals surface area contributed by atoms with Crippen molar-refractivity contribution in [2.75, 3.05) is 26.5 Å². The van der Waals surface area contributed by atoms with Gasteiger partial charge in [-0.05, 0) is 37.1 Å². The van der Waals surface area contributed by atoms with Gasteiger partial charge in [-0.2, -0.15) is 0 Å². The van der Waals surface area contributed by atoms with Gasteiger partial charge in [-0.25, -0.2) is 17.5 Å². The first kappa shape index (κ1) is 22.3. The van der Waals surface area contributed by atoms with Crippen LogP contribution in [0.2, 0.25) is 0 Å². The van der Waals surface area contributed by atoms with Gasteiger partial charge in [0, 0.05) is 13.1 Å². The Balaban J connectivity index is 1.75. The molecule has 0 unspecified atom stereocenters. The van der Waals surface area contributed by atoms with E-state index in [2.05, 4.69) is 4.72 Å². The van der Waals surface area contributed by atoms with Crippen molar-refractivity contribution in [2.24, 2.45) is 5.92 Å². The van der Waals surface area contributed by atoms with Crippen LogP contribution in [0.25, 0.3) is 0 Å². The number of amides is 1. The lowest BCUT2D eigenvalue weighted by atomic mass is 9.86. The molecular formula is C17H30N2O6S2. The molecule has 1 aliphatic heterocycles. The van der Waals surface area contributed by atoms with E-state index in [0.29, 0.717) is 38.3 Å². The predicted molar refractivity (Wildman–Crippen MR) is 104 cm³/mol. The number of ether oxygens (including phenoxy) is 2. The molecule has 2 aliphatic rings. The Bertz CT molecular complexity index is 599. The van der Waals surface area contributed by atoms with Crippen LogP contribution >= 0.6 is 11.9 Å². The first-order chi connectivity index (χ1) is 12.8. The molecule has 1 N–H and O–H groups in total. The smallest absolute Gasteiger partial charge is 0.417 e. The molecule has 1 aliphatic carbocycles. The van der Waals surface area contributed by atoms with E-state index in [1.807, 2.05) is 0 Å². The second-order valence-electron chi connectivity index (χ2n) is 7.24. The highest BCUT2D eigenvalue weighted by Crippen LogP contribution is 2.30. The molecule has 156 valence electrons. The van der Waals surface area contributed by atoms with Gasteiger partial charge in [-0.1, -0.05) is 32.1 Å². The summed E-state index contributed by atoms with van der Waals surface area (Å²) >= 11 is 1.04. The van der Waals surface area contributed by atoms with E-state index in [1.165, 1.54) is 36.9 Å². The number of esters is 1. The van der Waals surface area contributed by atoms with Gasteiger partial charge >= 0.3 is 12.1 Å². The van der Waals surface area contributed by atoms with Crippen LogP contribution in [0, 0.1) is 5.92 Å². The largest absolute Gasteiger partial charge is 0.468 e. The van der Waals surface area contributed by atoms with E-state index in [0.717, 1.165) is 24.8 Å². The second-order valence-corrected chi connectivity index (χ2v) is 10.2. The zero-order chi connectivity index (χ0) is 19.9. The van der Waals surface area contributed by atoms with Gasteiger partial charge in [-0.3, -0.25) is 9.52 Å². The highest BCUT2D eigenvalue weighted by molar-refractivity contribution is 7.99. The molecule has 8 nitrogen and oxygen atoms in total. The van der Waals surface area contributed by atoms with Crippen molar-refractivity contribution >= 4 is 34.0 Å². The van der Waals surface area contributed by atoms with Crippen LogP contribution in [0.4, 0.5) is 4.79 Å². The van der Waals surface area contributed by atoms with Crippen LogP contribution in [-0.2, 0) is 24.3 Å². The maximum Gasteiger partial charge on any atom is 0.417 e. The lowest BCUT2D eigenvalue weighted by Crippen LogP contribution is -2.41. The van der Waals surface area contributed by atoms with Crippen LogP contribution in [0.3, 0.4) is 0 Å². The molecule has 0 aromatic carbocycles. The van der Waals surface area contributed by atoms with Crippen molar-refractivity contribution in [2.45, 2.75) is 62.7 Å². The van der Waals surface area contributed by atoms with Gasteiger partial charge in [0.2, 0.25) is 10.0 Å². The number of carbonyl (C=O) groups excluding carboxylic acids is 2. The highest BCUT2D eigenvalue weighted by Gasteiger charge is 2.29. The maximum atomic E-state index is 12.1. The Morgan fingerprint density at radius 3 is 2.33 bits per heavy atom. The number of piperidine rings is 1. The Morgan fingerprint density at radius 2 is 1.78 bits per heavy atom. The molecular weight excluding hydrogens is 392 g/mol. The molecule has 10 heteroatoms. The molecule has 0 aromatic heterocycles. The molecule has 1 saturated carbocycles. The lowest BCUT2D eigenvalue weighted by molar-refractivity contribution is -0.140. The van der Waals surface area contributed by atoms with Crippen LogP contribution < -0.4 is 4.72 Å². The number of nitrogens with one attached hydrogen (secondary N) is 1. The molecule has 1 amide bonds. The maximum absolute atomic E-state index is 12.1. The average molecular weight is 423 g/mol. The topological polar surface area (TPSA) is 102 Å². The Morgan fingerprint density at radius 1 is 1.15 bits per heavy atom. The SMILES string of the molecule is COC(=O)[C@H](CC1CCCCC1)SNC(=O)OC1CCN(S(C)(=O)=O)CC1. The van der Waals surface area contributed by atoms with Gasteiger partial charge < -0.3 is 9.47 Å². The summed E-state index contributed by atoms with van der Waals surface area (Å²) in [7, 11) is -1.85. The zero-order valence-corrected chi connectivity index (χ0v) is 17.6. The van der Waals surface area contributed by atoms with E-state index < -0.39 is 21.4 Å². The van der Waals surface area contributed by atoms with Gasteiger partial charge in [0.25, 0.3) is 0 Å². The lowest BCUT2D eigenvalue weighted by Gasteiger charge is -2.30. The summed E-state index contributed by atoms with van der Waals surface area (Å²) in [6.45, 7) is 0.687. The van der Waals surface area contributed by atoms with Gasteiger partial charge in [0.15, 0.2) is 0 Å². The van der Waals surface area contributed by atoms with E-state index in [1.54, 1.807) is 0 Å². The van der Waals surface area contributed by atoms with Crippen LogP contribution in [0.5, 0.6) is 0 Å². The van der Waals surface area contributed by atoms with Crippen molar-refractivity contribution in [1.29, 1.82) is 0 Å². The fraction of sp³-hybridized carbons (Fsp3) is 0.882. The third kappa shape index (κ3) is 7.50. The van der Waals surface area contributed by atoms with Gasteiger partial charge in [0.1, 0.15) is 11.4 Å². The molecule has 1 heterocycles. The minimum absolute atomic E-state index is 0.321. The van der Waals surface area contributed by atoms with E-state index in [-0.39, 0.29) is 12.1 Å². The fourth-order valence-electron chi connectivity index (χ4n) is 3.63. The molecule has 0 radical (unpaired) electrons. The minimum Gasteiger partial charge on any atom is -0.468 e. The molecule has 2 fully saturated rings. The Hall–Kier alpha value is -1.00. The van der Waals surface area contributed by atoms with Gasteiger partial charge in [-0.15, -0.1) is 0 Å². The molecule has 0 spiro atoms. The summed E-state index contributed by atoms with van der Waals surface area (Å²) in [5.41, 5.74) is 0. The number of carbonyl (C=O) groups is 2. The second kappa shape index (κ2) is 10.5. The quantitative estimate of drug-likeness (QED) is 0.496. The summed E-state index contributed by atoms with van der Waals surface area (Å²) in [4.78, 5) is 24.1. The summed E-state index contributed by atoms with van der Waals surface area (Å²) in [6, 6.07) is 0. The van der Waals surface area contributed by atoms with E-state index in [9.17, 15) is 18.0 Å². The Labute approximate surface area is 165 Å². The molecule has 1 atom stereocenters. The Kier molecular flexibility index (Phi) is 8.68. The number of methoxy groups -OCH3 is 1. The van der Waals surface area contributed by atoms with Crippen molar-refractivity contribution in [3.63, 3.8) is 0 Å². The van der Waals surface area contributed by atoms with Crippen molar-refractivity contribution in [3.05, 3.63) is 0 Å². The van der Waals surface area contributed by atoms with E-state index >= 15 is 0 Å². The standard InChI is InChI=1S/C17H30N2O6S2/c1-24-16(20)15(12-13-6-4-3-5-7-13)26-18-17(21)25-14-8-10-19(11-9-14)27(2,22)23/h13-15H,3-12H2,1-2H3,(H,18,21)/t15-/m0/s1. The van der Waals surface area contributed by atoms with Crippen molar-refractivity contribution in [3.8, 4) is 0 Å². The summed E-state index contributed by atoms with van der Waals surface area (Å²) < 4.78 is 37.2. The molecule has 0 bridgehead atoms. The number of sulfonamides is 1. The van der Waals surface area contributed by atoms with E-state index in [4.69, 9.17) is 9.47 Å². The van der Waals surface area contributed by atoms with Crippen molar-refractivity contribution < 1.29 is 27.5 Å². The molecule has 1 saturated heterocycles. The first-order valence-corrected chi connectivity index (χ1v) is 12.2. The third-order valence-electron chi connectivity index (χ3n) is 5.16. The predicted octanol–water partition coefficient (Wildman–Crippen LogP) is 2.30. The van der Waals surface area contributed by atoms with Crippen LogP contribution in [0.15, 0.2) is 0 Å². The summed E-state index contributed by atoms with van der Waals surface area (Å²) in [6.07, 6.45) is 7.70. The monoisotopic (exact) mass is 422 g/mol. The number of hydrogen-bond acceptors (Lipinski definition) is 7. The molecule has 0 aromatic rings. The fourth-order valence-corrected chi connectivity index (χ4v) is 5.35. The summed E-state index contributed by atoms with van der Waals surface area (Å²) in [5.74, 6) is 0.140. The number of hydrogen-bond donors (Lipinski definition) is 1. The normalized spacial score (nSPS) is 21.4. The number of nitrogens with zero attached hydrogens (tertiary/aromatic N) is 1. The van der Waals surface area contributed by atoms with Crippen molar-refractivity contribution in [1.82, 2.24) is 9.03 Å². The minimum atomic E-state index is -3.20. The average Bonchev–Trinajstić information content (AvgIpc) is 2.65. The highest BCUT2D eigenvalue weighted by atomic mass is 32.2. The van der Waals surface area contributed by atoms with Crippen LogP contribution in [-0.4, -0.2) is 62.6 Å². The first-order valence-electron chi connectivity index (χ1n) is 9.45. The molecule has 2 rings (SSSR count). The molecule has 27 heavy (non-hydrogen) atoms.